The third-order valence-corrected chi connectivity index (χ3v) is 2.59. The van der Waals surface area contributed by atoms with E-state index >= 15 is 0 Å². The van der Waals surface area contributed by atoms with Gasteiger partial charge in [0.25, 0.3) is 0 Å². The number of nitrogens with one attached hydrogen (secondary N) is 1. The van der Waals surface area contributed by atoms with Crippen LogP contribution in [0.4, 0.5) is 5.82 Å². The van der Waals surface area contributed by atoms with E-state index in [2.05, 4.69) is 24.1 Å². The molecule has 4 nitrogen and oxygen atoms in total. The van der Waals surface area contributed by atoms with Crippen LogP contribution in [0.25, 0.3) is 0 Å². The van der Waals surface area contributed by atoms with Gasteiger partial charge in [-0.3, -0.25) is 0 Å². The van der Waals surface area contributed by atoms with Crippen molar-refractivity contribution in [2.75, 3.05) is 5.32 Å². The molecule has 1 aromatic heterocycles. The maximum absolute atomic E-state index is 11.0. The minimum Gasteiger partial charge on any atom is -0.478 e. The largest absolute Gasteiger partial charge is 0.478 e. The van der Waals surface area contributed by atoms with Gasteiger partial charge in [-0.25, -0.2) is 9.78 Å². The summed E-state index contributed by atoms with van der Waals surface area (Å²) in [6.07, 6.45) is 1.90. The molecule has 0 aliphatic carbocycles. The number of carbonyl (C=O) groups is 1. The summed E-state index contributed by atoms with van der Waals surface area (Å²) in [5.74, 6) is -0.470. The van der Waals surface area contributed by atoms with Gasteiger partial charge in [-0.05, 0) is 31.9 Å². The number of aromatic carboxylic acids is 1. The summed E-state index contributed by atoms with van der Waals surface area (Å²) >= 11 is 0. The predicted molar refractivity (Wildman–Crippen MR) is 63.9 cm³/mol. The molecule has 0 unspecified atom stereocenters. The molecule has 0 saturated heterocycles. The summed E-state index contributed by atoms with van der Waals surface area (Å²) in [4.78, 5) is 15.2. The highest BCUT2D eigenvalue weighted by Gasteiger charge is 2.13. The van der Waals surface area contributed by atoms with E-state index in [1.54, 1.807) is 12.1 Å². The number of rotatable bonds is 5. The third kappa shape index (κ3) is 2.95. The Hall–Kier alpha value is -1.58. The summed E-state index contributed by atoms with van der Waals surface area (Å²) in [6, 6.07) is 3.57. The van der Waals surface area contributed by atoms with Crippen molar-refractivity contribution in [3.05, 3.63) is 23.4 Å². The number of aryl methyl sites for hydroxylation is 1. The van der Waals surface area contributed by atoms with Gasteiger partial charge < -0.3 is 10.4 Å². The standard InChI is InChI=1S/C12H18N2O2/c1-4-9(5-2)14-11-10(12(15)16)7-6-8(3)13-11/h6-7,9H,4-5H2,1-3H3,(H,13,14)(H,15,16). The molecule has 0 atom stereocenters. The number of hydrogen-bond acceptors (Lipinski definition) is 3. The molecule has 0 saturated carbocycles. The Morgan fingerprint density at radius 1 is 1.44 bits per heavy atom. The van der Waals surface area contributed by atoms with Crippen molar-refractivity contribution >= 4 is 11.8 Å². The Morgan fingerprint density at radius 2 is 2.06 bits per heavy atom. The number of aromatic nitrogens is 1. The van der Waals surface area contributed by atoms with E-state index in [1.807, 2.05) is 6.92 Å². The highest BCUT2D eigenvalue weighted by atomic mass is 16.4. The zero-order valence-electron chi connectivity index (χ0n) is 9.95. The highest BCUT2D eigenvalue weighted by molar-refractivity contribution is 5.93. The molecule has 2 N–H and O–H groups in total. The van der Waals surface area contributed by atoms with Gasteiger partial charge in [0.1, 0.15) is 11.4 Å². The van der Waals surface area contributed by atoms with Crippen LogP contribution in [0.2, 0.25) is 0 Å². The predicted octanol–water partition coefficient (Wildman–Crippen LogP) is 2.69. The van der Waals surface area contributed by atoms with E-state index < -0.39 is 5.97 Å². The van der Waals surface area contributed by atoms with Crippen LogP contribution >= 0.6 is 0 Å². The van der Waals surface area contributed by atoms with Gasteiger partial charge in [-0.15, -0.1) is 0 Å². The zero-order valence-corrected chi connectivity index (χ0v) is 9.95. The summed E-state index contributed by atoms with van der Waals surface area (Å²) in [5, 5.41) is 12.2. The van der Waals surface area contributed by atoms with Crippen LogP contribution in [0.5, 0.6) is 0 Å². The first-order chi connectivity index (χ1) is 7.58. The summed E-state index contributed by atoms with van der Waals surface area (Å²) < 4.78 is 0. The minimum absolute atomic E-state index is 0.234. The van der Waals surface area contributed by atoms with Gasteiger partial charge in [0, 0.05) is 11.7 Å². The number of nitrogens with zero attached hydrogens (tertiary/aromatic N) is 1. The van der Waals surface area contributed by atoms with Gasteiger partial charge >= 0.3 is 5.97 Å². The Labute approximate surface area is 95.7 Å². The second-order valence-corrected chi connectivity index (χ2v) is 3.81. The molecule has 0 aliphatic rings. The number of anilines is 1. The van der Waals surface area contributed by atoms with Crippen LogP contribution in [0.3, 0.4) is 0 Å². The van der Waals surface area contributed by atoms with Crippen molar-refractivity contribution in [3.63, 3.8) is 0 Å². The van der Waals surface area contributed by atoms with E-state index in [0.717, 1.165) is 18.5 Å². The summed E-state index contributed by atoms with van der Waals surface area (Å²) in [5.41, 5.74) is 1.05. The minimum atomic E-state index is -0.944. The van der Waals surface area contributed by atoms with Crippen molar-refractivity contribution in [1.82, 2.24) is 4.98 Å². The van der Waals surface area contributed by atoms with Gasteiger partial charge in [0.15, 0.2) is 0 Å². The molecule has 0 bridgehead atoms. The maximum atomic E-state index is 11.0. The van der Waals surface area contributed by atoms with Crippen molar-refractivity contribution in [3.8, 4) is 0 Å². The highest BCUT2D eigenvalue weighted by Crippen LogP contribution is 2.16. The van der Waals surface area contributed by atoms with Crippen LogP contribution < -0.4 is 5.32 Å². The Balaban J connectivity index is 3.00. The molecule has 4 heteroatoms. The molecule has 1 rings (SSSR count). The molecule has 0 spiro atoms. The first-order valence-electron chi connectivity index (χ1n) is 5.56. The van der Waals surface area contributed by atoms with E-state index in [-0.39, 0.29) is 11.6 Å². The molecule has 1 aromatic rings. The molecular weight excluding hydrogens is 204 g/mol. The van der Waals surface area contributed by atoms with E-state index in [1.165, 1.54) is 0 Å². The fourth-order valence-corrected chi connectivity index (χ4v) is 1.53. The number of pyridine rings is 1. The lowest BCUT2D eigenvalue weighted by Crippen LogP contribution is -2.20. The lowest BCUT2D eigenvalue weighted by atomic mass is 10.1. The molecule has 0 aliphatic heterocycles. The number of carboxylic acid groups (broad SMARTS) is 1. The molecule has 88 valence electrons. The average molecular weight is 222 g/mol. The molecule has 0 aromatic carbocycles. The Bertz CT molecular complexity index is 373. The van der Waals surface area contributed by atoms with Crippen molar-refractivity contribution in [1.29, 1.82) is 0 Å². The van der Waals surface area contributed by atoms with E-state index in [9.17, 15) is 4.79 Å². The molecule has 16 heavy (non-hydrogen) atoms. The van der Waals surface area contributed by atoms with Crippen molar-refractivity contribution in [2.45, 2.75) is 39.7 Å². The van der Waals surface area contributed by atoms with E-state index in [0.29, 0.717) is 5.82 Å². The summed E-state index contributed by atoms with van der Waals surface area (Å²) in [6.45, 7) is 5.98. The zero-order chi connectivity index (χ0) is 12.1. The van der Waals surface area contributed by atoms with Crippen LogP contribution in [0, 0.1) is 6.92 Å². The van der Waals surface area contributed by atoms with Crippen LogP contribution in [0.1, 0.15) is 42.7 Å². The normalized spacial score (nSPS) is 10.5. The Kier molecular flexibility index (Phi) is 4.28. The van der Waals surface area contributed by atoms with Crippen molar-refractivity contribution < 1.29 is 9.90 Å². The maximum Gasteiger partial charge on any atom is 0.339 e. The lowest BCUT2D eigenvalue weighted by Gasteiger charge is -2.17. The monoisotopic (exact) mass is 222 g/mol. The van der Waals surface area contributed by atoms with Crippen LogP contribution in [-0.4, -0.2) is 22.1 Å². The lowest BCUT2D eigenvalue weighted by molar-refractivity contribution is 0.0697. The number of carboxylic acids is 1. The second kappa shape index (κ2) is 5.49. The second-order valence-electron chi connectivity index (χ2n) is 3.81. The quantitative estimate of drug-likeness (QED) is 0.804. The molecule has 0 radical (unpaired) electrons. The van der Waals surface area contributed by atoms with Crippen LogP contribution in [0.15, 0.2) is 12.1 Å². The average Bonchev–Trinajstić information content (AvgIpc) is 2.25. The fourth-order valence-electron chi connectivity index (χ4n) is 1.53. The topological polar surface area (TPSA) is 62.2 Å². The first kappa shape index (κ1) is 12.5. The summed E-state index contributed by atoms with van der Waals surface area (Å²) in [7, 11) is 0. The van der Waals surface area contributed by atoms with E-state index in [4.69, 9.17) is 5.11 Å². The molecule has 0 fully saturated rings. The third-order valence-electron chi connectivity index (χ3n) is 2.59. The Morgan fingerprint density at radius 3 is 2.56 bits per heavy atom. The van der Waals surface area contributed by atoms with Crippen LogP contribution in [-0.2, 0) is 0 Å². The van der Waals surface area contributed by atoms with Crippen molar-refractivity contribution in [2.24, 2.45) is 0 Å². The molecular formula is C12H18N2O2. The molecule has 1 heterocycles. The van der Waals surface area contributed by atoms with Gasteiger partial charge in [0.2, 0.25) is 0 Å². The van der Waals surface area contributed by atoms with Gasteiger partial charge in [0.05, 0.1) is 0 Å². The fraction of sp³-hybridized carbons (Fsp3) is 0.500. The SMILES string of the molecule is CCC(CC)Nc1nc(C)ccc1C(=O)O. The number of hydrogen-bond donors (Lipinski definition) is 2. The van der Waals surface area contributed by atoms with Gasteiger partial charge in [-0.2, -0.15) is 0 Å². The first-order valence-corrected chi connectivity index (χ1v) is 5.56. The van der Waals surface area contributed by atoms with Gasteiger partial charge in [-0.1, -0.05) is 13.8 Å². The smallest absolute Gasteiger partial charge is 0.339 e. The molecule has 0 amide bonds.